The highest BCUT2D eigenvalue weighted by Crippen LogP contribution is 2.27. The Kier molecular flexibility index (Phi) is 58.5. The highest BCUT2D eigenvalue weighted by Gasteiger charge is 2.48. The van der Waals surface area contributed by atoms with Crippen LogP contribution >= 0.6 is 0 Å². The minimum Gasteiger partial charge on any atom is -0.394 e. The number of amides is 1. The van der Waals surface area contributed by atoms with Crippen LogP contribution in [0.15, 0.2) is 12.2 Å². The fourth-order valence-corrected chi connectivity index (χ4v) is 12.7. The molecule has 0 spiro atoms. The Hall–Kier alpha value is -1.16. The molecule has 84 heavy (non-hydrogen) atoms. The van der Waals surface area contributed by atoms with Crippen LogP contribution in [0.4, 0.5) is 0 Å². The third-order valence-corrected chi connectivity index (χ3v) is 18.3. The van der Waals surface area contributed by atoms with Crippen LogP contribution in [0, 0.1) is 0 Å². The molecule has 1 fully saturated rings. The average Bonchev–Trinajstić information content (AvgIpc) is 3.65. The van der Waals surface area contributed by atoms with Crippen LogP contribution in [0.5, 0.6) is 0 Å². The molecule has 1 rings (SSSR count). The van der Waals surface area contributed by atoms with Gasteiger partial charge in [0.25, 0.3) is 0 Å². The monoisotopic (exact) mass is 1210 g/mol. The number of carbonyl (C=O) groups excluding carboxylic acids is 1. The average molecular weight is 1210 g/mol. The molecular weight excluding hydrogens is 1070 g/mol. The Morgan fingerprint density at radius 1 is 0.464 bits per heavy atom. The standard InChI is InChI=1S/C71H139NO11S/c1-3-5-7-9-11-13-15-17-19-21-23-24-25-26-27-28-29-30-31-32-33-34-35-36-37-38-39-40-41-42-43-45-47-49-51-53-55-57-59-61-67(75)72-64(63-81-71-69(77)70(83-84(78,79)80)68(76)66(62-73)82-71)65(74)60-58-56-54-52-50-48-46-44-22-20-18-16-14-12-10-8-6-4-2/h32-33,64-66,68-71,73-74,76-77H,3-31,34-63H2,1-2H3,(H,72,75)(H,78,79,80)/b33-32-. The van der Waals surface area contributed by atoms with Gasteiger partial charge in [-0.3, -0.25) is 9.35 Å². The van der Waals surface area contributed by atoms with E-state index in [4.69, 9.17) is 9.47 Å². The predicted octanol–water partition coefficient (Wildman–Crippen LogP) is 19.3. The van der Waals surface area contributed by atoms with Crippen molar-refractivity contribution in [3.8, 4) is 0 Å². The van der Waals surface area contributed by atoms with E-state index in [-0.39, 0.29) is 12.5 Å². The molecule has 1 aliphatic heterocycles. The number of nitrogens with one attached hydrogen (secondary N) is 1. The van der Waals surface area contributed by atoms with Gasteiger partial charge in [-0.25, -0.2) is 4.18 Å². The number of hydrogen-bond donors (Lipinski definition) is 6. The molecule has 0 radical (unpaired) electrons. The van der Waals surface area contributed by atoms with Gasteiger partial charge in [0.1, 0.15) is 24.4 Å². The predicted molar refractivity (Wildman–Crippen MR) is 352 cm³/mol. The number of unbranched alkanes of at least 4 members (excludes halogenated alkanes) is 52. The maximum Gasteiger partial charge on any atom is 0.397 e. The van der Waals surface area contributed by atoms with E-state index in [9.17, 15) is 38.2 Å². The Bertz CT molecular complexity index is 1520. The van der Waals surface area contributed by atoms with Crippen molar-refractivity contribution in [2.24, 2.45) is 0 Å². The third kappa shape index (κ3) is 51.7. The van der Waals surface area contributed by atoms with E-state index in [1.54, 1.807) is 0 Å². The fourth-order valence-electron chi connectivity index (χ4n) is 12.2. The van der Waals surface area contributed by atoms with Crippen molar-refractivity contribution in [2.75, 3.05) is 13.2 Å². The molecule has 1 amide bonds. The minimum absolute atomic E-state index is 0.221. The summed E-state index contributed by atoms with van der Waals surface area (Å²) in [6.45, 7) is 3.52. The fraction of sp³-hybridized carbons (Fsp3) is 0.958. The second-order valence-corrected chi connectivity index (χ2v) is 26.9. The van der Waals surface area contributed by atoms with Gasteiger partial charge < -0.3 is 35.2 Å². The van der Waals surface area contributed by atoms with Crippen molar-refractivity contribution in [1.29, 1.82) is 0 Å². The van der Waals surface area contributed by atoms with Crippen LogP contribution in [0.25, 0.3) is 0 Å². The van der Waals surface area contributed by atoms with E-state index in [0.29, 0.717) is 12.8 Å². The Balaban J connectivity index is 2.13. The molecule has 0 aromatic rings. The van der Waals surface area contributed by atoms with Crippen LogP contribution in [-0.4, -0.2) is 95.4 Å². The zero-order valence-electron chi connectivity index (χ0n) is 55.0. The largest absolute Gasteiger partial charge is 0.397 e. The molecule has 500 valence electrons. The number of carbonyl (C=O) groups is 1. The summed E-state index contributed by atoms with van der Waals surface area (Å²) in [4.78, 5) is 13.2. The van der Waals surface area contributed by atoms with Gasteiger partial charge in [0.15, 0.2) is 6.29 Å². The van der Waals surface area contributed by atoms with Gasteiger partial charge in [0.2, 0.25) is 5.91 Å². The van der Waals surface area contributed by atoms with Gasteiger partial charge in [-0.15, -0.1) is 0 Å². The van der Waals surface area contributed by atoms with Crippen LogP contribution in [0.2, 0.25) is 0 Å². The van der Waals surface area contributed by atoms with Crippen molar-refractivity contribution in [3.05, 3.63) is 12.2 Å². The smallest absolute Gasteiger partial charge is 0.394 e. The van der Waals surface area contributed by atoms with Gasteiger partial charge in [-0.05, 0) is 38.5 Å². The van der Waals surface area contributed by atoms with E-state index < -0.39 is 59.9 Å². The van der Waals surface area contributed by atoms with Crippen LogP contribution in [-0.2, 0) is 28.9 Å². The highest BCUT2D eigenvalue weighted by molar-refractivity contribution is 7.80. The number of allylic oxidation sites excluding steroid dienone is 2. The summed E-state index contributed by atoms with van der Waals surface area (Å²) in [5, 5.41) is 45.3. The summed E-state index contributed by atoms with van der Waals surface area (Å²) < 4.78 is 48.1. The maximum absolute atomic E-state index is 13.2. The molecule has 0 aromatic carbocycles. The van der Waals surface area contributed by atoms with Gasteiger partial charge in [-0.2, -0.15) is 8.42 Å². The summed E-state index contributed by atoms with van der Waals surface area (Å²) in [6, 6.07) is -0.856. The van der Waals surface area contributed by atoms with Crippen LogP contribution < -0.4 is 5.32 Å². The summed E-state index contributed by atoms with van der Waals surface area (Å²) >= 11 is 0. The summed E-state index contributed by atoms with van der Waals surface area (Å²) in [6.07, 6.45) is 68.5. The lowest BCUT2D eigenvalue weighted by Gasteiger charge is -2.41. The SMILES string of the molecule is CCCCCCCCCCCCCCCCCCCC/C=C\CCCCCCCCCCCCCCCCCCCC(=O)NC(COC1OC(CO)C(O)C(OS(=O)(=O)O)C1O)C(O)CCCCCCCCCCCCCCCCCCCC. The Labute approximate surface area is 519 Å². The first kappa shape index (κ1) is 80.9. The summed E-state index contributed by atoms with van der Waals surface area (Å²) in [5.41, 5.74) is 0. The molecule has 13 heteroatoms. The first-order valence-electron chi connectivity index (χ1n) is 36.6. The van der Waals surface area contributed by atoms with Crippen molar-refractivity contribution >= 4 is 16.3 Å². The van der Waals surface area contributed by atoms with Gasteiger partial charge in [0.05, 0.1) is 25.4 Å². The molecule has 1 saturated heterocycles. The normalized spacial score (nSPS) is 18.3. The Morgan fingerprint density at radius 3 is 1.07 bits per heavy atom. The molecule has 1 heterocycles. The molecule has 0 aromatic heterocycles. The molecule has 0 bridgehead atoms. The topological polar surface area (TPSA) is 192 Å². The lowest BCUT2D eigenvalue weighted by molar-refractivity contribution is -0.298. The minimum atomic E-state index is -5.08. The number of hydrogen-bond acceptors (Lipinski definition) is 10. The molecular formula is C71H139NO11S. The van der Waals surface area contributed by atoms with E-state index in [1.807, 2.05) is 0 Å². The number of ether oxygens (including phenoxy) is 2. The molecule has 1 aliphatic rings. The Morgan fingerprint density at radius 2 is 0.762 bits per heavy atom. The summed E-state index contributed by atoms with van der Waals surface area (Å²) in [5.74, 6) is -0.221. The maximum atomic E-state index is 13.2. The highest BCUT2D eigenvalue weighted by atomic mass is 32.3. The van der Waals surface area contributed by atoms with E-state index >= 15 is 0 Å². The van der Waals surface area contributed by atoms with Crippen molar-refractivity contribution in [3.63, 3.8) is 0 Å². The first-order chi connectivity index (χ1) is 41.0. The summed E-state index contributed by atoms with van der Waals surface area (Å²) in [7, 11) is -5.08. The molecule has 0 aliphatic carbocycles. The molecule has 6 N–H and O–H groups in total. The van der Waals surface area contributed by atoms with Crippen molar-refractivity contribution in [2.45, 2.75) is 423 Å². The zero-order chi connectivity index (χ0) is 61.1. The lowest BCUT2D eigenvalue weighted by atomic mass is 9.99. The van der Waals surface area contributed by atoms with E-state index in [2.05, 4.69) is 35.5 Å². The lowest BCUT2D eigenvalue weighted by Crippen LogP contribution is -2.61. The third-order valence-electron chi connectivity index (χ3n) is 17.8. The van der Waals surface area contributed by atoms with Gasteiger partial charge >= 0.3 is 10.4 Å². The zero-order valence-corrected chi connectivity index (χ0v) is 55.8. The molecule has 0 saturated carbocycles. The van der Waals surface area contributed by atoms with Crippen molar-refractivity contribution < 1.29 is 51.8 Å². The molecule has 7 atom stereocenters. The second kappa shape index (κ2) is 60.7. The number of rotatable bonds is 66. The quantitative estimate of drug-likeness (QED) is 0.0193. The van der Waals surface area contributed by atoms with E-state index in [0.717, 1.165) is 51.4 Å². The van der Waals surface area contributed by atoms with Gasteiger partial charge in [0, 0.05) is 6.42 Å². The molecule has 12 nitrogen and oxygen atoms in total. The van der Waals surface area contributed by atoms with Crippen molar-refractivity contribution in [1.82, 2.24) is 5.32 Å². The van der Waals surface area contributed by atoms with Crippen LogP contribution in [0.1, 0.15) is 380 Å². The first-order valence-corrected chi connectivity index (χ1v) is 37.9. The van der Waals surface area contributed by atoms with Gasteiger partial charge in [-0.1, -0.05) is 347 Å². The van der Waals surface area contributed by atoms with E-state index in [1.165, 1.54) is 302 Å². The van der Waals surface area contributed by atoms with Crippen LogP contribution in [0.3, 0.4) is 0 Å². The second-order valence-electron chi connectivity index (χ2n) is 25.9. The molecule has 7 unspecified atom stereocenters. The number of aliphatic hydroxyl groups is 4. The number of aliphatic hydroxyl groups excluding tert-OH is 4.